The third kappa shape index (κ3) is 4.33. The van der Waals surface area contributed by atoms with E-state index in [1.165, 1.54) is 0 Å². The van der Waals surface area contributed by atoms with Crippen molar-refractivity contribution in [1.29, 1.82) is 0 Å². The lowest BCUT2D eigenvalue weighted by Crippen LogP contribution is -2.28. The normalized spacial score (nSPS) is 19.6. The fraction of sp³-hybridized carbons (Fsp3) is 0.263. The second-order valence-electron chi connectivity index (χ2n) is 6.22. The molecule has 3 rings (SSSR count). The molecule has 25 heavy (non-hydrogen) atoms. The number of hydrogen-bond donors (Lipinski definition) is 1. The Morgan fingerprint density at radius 3 is 2.28 bits per heavy atom. The molecule has 2 aromatic rings. The van der Waals surface area contributed by atoms with Crippen LogP contribution in [0.15, 0.2) is 59.7 Å². The summed E-state index contributed by atoms with van der Waals surface area (Å²) in [6, 6.07) is 18.0. The smallest absolute Gasteiger partial charge is 0.244 e. The van der Waals surface area contributed by atoms with E-state index in [1.807, 2.05) is 61.5 Å². The van der Waals surface area contributed by atoms with Gasteiger partial charge in [0.15, 0.2) is 9.84 Å². The van der Waals surface area contributed by atoms with Crippen LogP contribution in [0.5, 0.6) is 0 Å². The number of amides is 1. The van der Waals surface area contributed by atoms with E-state index in [0.29, 0.717) is 12.1 Å². The van der Waals surface area contributed by atoms with Crippen LogP contribution in [-0.2, 0) is 14.6 Å². The highest BCUT2D eigenvalue weighted by molar-refractivity contribution is 7.91. The van der Waals surface area contributed by atoms with Crippen molar-refractivity contribution in [2.24, 2.45) is 11.0 Å². The fourth-order valence-electron chi connectivity index (χ4n) is 2.83. The lowest BCUT2D eigenvalue weighted by Gasteiger charge is -2.07. The van der Waals surface area contributed by atoms with E-state index in [1.54, 1.807) is 0 Å². The van der Waals surface area contributed by atoms with Gasteiger partial charge in [-0.15, -0.1) is 0 Å². The van der Waals surface area contributed by atoms with E-state index in [4.69, 9.17) is 0 Å². The highest BCUT2D eigenvalue weighted by Gasteiger charge is 2.32. The minimum Gasteiger partial charge on any atom is -0.273 e. The largest absolute Gasteiger partial charge is 0.273 e. The molecule has 1 amide bonds. The Morgan fingerprint density at radius 1 is 1.04 bits per heavy atom. The molecule has 1 aliphatic heterocycles. The van der Waals surface area contributed by atoms with Crippen molar-refractivity contribution in [3.8, 4) is 11.1 Å². The van der Waals surface area contributed by atoms with Crippen LogP contribution in [0.4, 0.5) is 0 Å². The summed E-state index contributed by atoms with van der Waals surface area (Å²) in [6.07, 6.45) is 0.370. The second-order valence-corrected chi connectivity index (χ2v) is 8.45. The molecule has 1 aliphatic rings. The molecule has 0 bridgehead atoms. The summed E-state index contributed by atoms with van der Waals surface area (Å²) in [6.45, 7) is 1.81. The van der Waals surface area contributed by atoms with Gasteiger partial charge in [0.25, 0.3) is 0 Å². The number of hydrogen-bond acceptors (Lipinski definition) is 4. The molecule has 130 valence electrons. The average Bonchev–Trinajstić information content (AvgIpc) is 3.00. The number of nitrogens with zero attached hydrogens (tertiary/aromatic N) is 1. The summed E-state index contributed by atoms with van der Waals surface area (Å²) in [7, 11) is -3.07. The Labute approximate surface area is 147 Å². The van der Waals surface area contributed by atoms with Crippen LogP contribution in [0, 0.1) is 5.92 Å². The van der Waals surface area contributed by atoms with Crippen LogP contribution in [0.25, 0.3) is 11.1 Å². The first-order chi connectivity index (χ1) is 11.9. The molecule has 1 atom stereocenters. The Hall–Kier alpha value is -2.47. The molecular formula is C19H20N2O3S. The molecule has 0 aromatic heterocycles. The highest BCUT2D eigenvalue weighted by atomic mass is 32.2. The first-order valence-corrected chi connectivity index (χ1v) is 9.97. The average molecular weight is 356 g/mol. The molecule has 0 saturated carbocycles. The zero-order chi connectivity index (χ0) is 17.9. The van der Waals surface area contributed by atoms with Gasteiger partial charge in [-0.25, -0.2) is 13.8 Å². The van der Waals surface area contributed by atoms with Crippen LogP contribution in [0.1, 0.15) is 18.9 Å². The zero-order valence-electron chi connectivity index (χ0n) is 14.0. The monoisotopic (exact) mass is 356 g/mol. The molecular weight excluding hydrogens is 336 g/mol. The maximum Gasteiger partial charge on any atom is 0.244 e. The SMILES string of the molecule is C/C(=N/NC(=O)[C@@H]1CCS(=O)(=O)C1)c1ccc(-c2ccccc2)cc1. The van der Waals surface area contributed by atoms with E-state index in [9.17, 15) is 13.2 Å². The van der Waals surface area contributed by atoms with E-state index >= 15 is 0 Å². The minimum atomic E-state index is -3.07. The number of carbonyl (C=O) groups is 1. The second kappa shape index (κ2) is 7.19. The first-order valence-electron chi connectivity index (χ1n) is 8.15. The number of sulfone groups is 1. The number of nitrogens with one attached hydrogen (secondary N) is 1. The van der Waals surface area contributed by atoms with Gasteiger partial charge in [0.1, 0.15) is 0 Å². The van der Waals surface area contributed by atoms with Gasteiger partial charge in [-0.3, -0.25) is 4.79 Å². The maximum absolute atomic E-state index is 12.0. The third-order valence-corrected chi connectivity index (χ3v) is 6.11. The quantitative estimate of drug-likeness (QED) is 0.676. The number of rotatable bonds is 4. The minimum absolute atomic E-state index is 0.0781. The van der Waals surface area contributed by atoms with Gasteiger partial charge in [0, 0.05) is 0 Å². The van der Waals surface area contributed by atoms with Crippen LogP contribution >= 0.6 is 0 Å². The maximum atomic E-state index is 12.0. The summed E-state index contributed by atoms with van der Waals surface area (Å²) >= 11 is 0. The summed E-state index contributed by atoms with van der Waals surface area (Å²) in [4.78, 5) is 12.0. The van der Waals surface area contributed by atoms with E-state index in [2.05, 4.69) is 10.5 Å². The van der Waals surface area contributed by atoms with Crippen molar-refractivity contribution in [2.75, 3.05) is 11.5 Å². The number of benzene rings is 2. The highest BCUT2D eigenvalue weighted by Crippen LogP contribution is 2.20. The van der Waals surface area contributed by atoms with E-state index in [0.717, 1.165) is 16.7 Å². The Morgan fingerprint density at radius 2 is 1.68 bits per heavy atom. The summed E-state index contributed by atoms with van der Waals surface area (Å²) in [5.41, 5.74) is 6.32. The molecule has 0 aliphatic carbocycles. The van der Waals surface area contributed by atoms with Crippen LogP contribution in [0.2, 0.25) is 0 Å². The zero-order valence-corrected chi connectivity index (χ0v) is 14.8. The number of hydrazone groups is 1. The standard InChI is InChI=1S/C19H20N2O3S/c1-14(20-21-19(22)18-11-12-25(23,24)13-18)15-7-9-17(10-8-15)16-5-3-2-4-6-16/h2-10,18H,11-13H2,1H3,(H,21,22)/b20-14-/t18-/m1/s1. The topological polar surface area (TPSA) is 75.6 Å². The van der Waals surface area contributed by atoms with Gasteiger partial charge in [-0.05, 0) is 30.0 Å². The molecule has 6 heteroatoms. The predicted molar refractivity (Wildman–Crippen MR) is 99.0 cm³/mol. The lowest BCUT2D eigenvalue weighted by atomic mass is 10.0. The molecule has 1 saturated heterocycles. The van der Waals surface area contributed by atoms with Gasteiger partial charge in [0.05, 0.1) is 23.1 Å². The third-order valence-electron chi connectivity index (χ3n) is 4.35. The van der Waals surface area contributed by atoms with Crippen molar-refractivity contribution in [1.82, 2.24) is 5.43 Å². The molecule has 2 aromatic carbocycles. The Bertz CT molecular complexity index is 888. The number of carbonyl (C=O) groups excluding carboxylic acids is 1. The van der Waals surface area contributed by atoms with Gasteiger partial charge in [-0.2, -0.15) is 5.10 Å². The van der Waals surface area contributed by atoms with Crippen molar-refractivity contribution >= 4 is 21.5 Å². The summed E-state index contributed by atoms with van der Waals surface area (Å²) in [5, 5.41) is 4.11. The van der Waals surface area contributed by atoms with Crippen molar-refractivity contribution in [3.63, 3.8) is 0 Å². The van der Waals surface area contributed by atoms with E-state index < -0.39 is 15.8 Å². The van der Waals surface area contributed by atoms with Gasteiger partial charge in [0.2, 0.25) is 5.91 Å². The van der Waals surface area contributed by atoms with Crippen LogP contribution in [0.3, 0.4) is 0 Å². The molecule has 1 N–H and O–H groups in total. The lowest BCUT2D eigenvalue weighted by molar-refractivity contribution is -0.124. The van der Waals surface area contributed by atoms with Crippen molar-refractivity contribution in [2.45, 2.75) is 13.3 Å². The fourth-order valence-corrected chi connectivity index (χ4v) is 4.57. The van der Waals surface area contributed by atoms with Crippen LogP contribution in [-0.4, -0.2) is 31.5 Å². The first kappa shape index (κ1) is 17.4. The molecule has 1 heterocycles. The summed E-state index contributed by atoms with van der Waals surface area (Å²) in [5.74, 6) is -0.836. The molecule has 0 unspecified atom stereocenters. The molecule has 0 spiro atoms. The Balaban J connectivity index is 1.65. The molecule has 1 fully saturated rings. The van der Waals surface area contributed by atoms with Gasteiger partial charge < -0.3 is 0 Å². The van der Waals surface area contributed by atoms with Crippen molar-refractivity contribution in [3.05, 3.63) is 60.2 Å². The van der Waals surface area contributed by atoms with Crippen LogP contribution < -0.4 is 5.43 Å². The summed E-state index contributed by atoms with van der Waals surface area (Å²) < 4.78 is 22.9. The van der Waals surface area contributed by atoms with Crippen molar-refractivity contribution < 1.29 is 13.2 Å². The Kier molecular flexibility index (Phi) is 4.99. The molecule has 0 radical (unpaired) electrons. The predicted octanol–water partition coefficient (Wildman–Crippen LogP) is 2.63. The van der Waals surface area contributed by atoms with E-state index in [-0.39, 0.29) is 17.4 Å². The van der Waals surface area contributed by atoms with Gasteiger partial charge >= 0.3 is 0 Å². The molecule has 5 nitrogen and oxygen atoms in total. The van der Waals surface area contributed by atoms with Gasteiger partial charge in [-0.1, -0.05) is 54.6 Å².